The van der Waals surface area contributed by atoms with Crippen LogP contribution in [0.15, 0.2) is 0 Å². The summed E-state index contributed by atoms with van der Waals surface area (Å²) >= 11 is 0. The molecule has 4 heteroatoms. The third-order valence-electron chi connectivity index (χ3n) is 5.63. The van der Waals surface area contributed by atoms with Crippen molar-refractivity contribution in [1.82, 2.24) is 15.1 Å². The first-order chi connectivity index (χ1) is 10.0. The van der Waals surface area contributed by atoms with E-state index in [0.29, 0.717) is 18.0 Å². The van der Waals surface area contributed by atoms with Crippen LogP contribution in [0.2, 0.25) is 0 Å². The highest BCUT2D eigenvalue weighted by Gasteiger charge is 2.32. The molecule has 1 N–H and O–H groups in total. The molecule has 1 saturated carbocycles. The second-order valence-corrected chi connectivity index (χ2v) is 7.28. The van der Waals surface area contributed by atoms with Gasteiger partial charge in [-0.3, -0.25) is 9.69 Å². The largest absolute Gasteiger partial charge is 0.348 e. The van der Waals surface area contributed by atoms with Crippen molar-refractivity contribution in [1.29, 1.82) is 0 Å². The molecule has 0 bridgehead atoms. The second kappa shape index (κ2) is 7.59. The predicted molar refractivity (Wildman–Crippen MR) is 87.4 cm³/mol. The van der Waals surface area contributed by atoms with E-state index in [1.54, 1.807) is 4.90 Å². The summed E-state index contributed by atoms with van der Waals surface area (Å²) in [7, 11) is 3.67. The molecule has 1 amide bonds. The molecule has 2 aliphatic rings. The number of amides is 1. The second-order valence-electron chi connectivity index (χ2n) is 7.28. The van der Waals surface area contributed by atoms with Crippen LogP contribution >= 0.6 is 0 Å². The van der Waals surface area contributed by atoms with E-state index in [1.165, 1.54) is 51.5 Å². The highest BCUT2D eigenvalue weighted by Crippen LogP contribution is 2.40. The smallest absolute Gasteiger partial charge is 0.236 e. The third kappa shape index (κ3) is 4.68. The molecule has 0 aromatic rings. The summed E-state index contributed by atoms with van der Waals surface area (Å²) in [5.74, 6) is 0.220. The summed E-state index contributed by atoms with van der Waals surface area (Å²) in [6.07, 6.45) is 9.33. The van der Waals surface area contributed by atoms with Crippen molar-refractivity contribution in [3.05, 3.63) is 0 Å². The first-order valence-corrected chi connectivity index (χ1v) is 8.70. The Morgan fingerprint density at radius 2 is 1.86 bits per heavy atom. The van der Waals surface area contributed by atoms with Gasteiger partial charge in [-0.15, -0.1) is 0 Å². The van der Waals surface area contributed by atoms with Crippen molar-refractivity contribution >= 4 is 5.91 Å². The zero-order valence-electron chi connectivity index (χ0n) is 14.2. The van der Waals surface area contributed by atoms with Crippen molar-refractivity contribution in [2.45, 2.75) is 57.9 Å². The molecule has 2 fully saturated rings. The van der Waals surface area contributed by atoms with E-state index in [1.807, 2.05) is 14.1 Å². The maximum absolute atomic E-state index is 11.7. The number of likely N-dealkylation sites (N-methyl/N-ethyl adjacent to an activating group) is 1. The normalized spacial score (nSPS) is 23.4. The molecule has 1 saturated heterocycles. The van der Waals surface area contributed by atoms with Crippen molar-refractivity contribution in [3.63, 3.8) is 0 Å². The number of hydrogen-bond acceptors (Lipinski definition) is 3. The number of likely N-dealkylation sites (tertiary alicyclic amines) is 1. The Bertz CT molecular complexity index is 329. The Balaban J connectivity index is 1.68. The van der Waals surface area contributed by atoms with E-state index in [9.17, 15) is 4.79 Å². The van der Waals surface area contributed by atoms with E-state index < -0.39 is 0 Å². The minimum atomic E-state index is 0.220. The Morgan fingerprint density at radius 1 is 1.24 bits per heavy atom. The summed E-state index contributed by atoms with van der Waals surface area (Å²) in [4.78, 5) is 15.7. The van der Waals surface area contributed by atoms with Gasteiger partial charge in [0.25, 0.3) is 0 Å². The van der Waals surface area contributed by atoms with Gasteiger partial charge >= 0.3 is 0 Å². The summed E-state index contributed by atoms with van der Waals surface area (Å²) in [5, 5.41) is 3.83. The average molecular weight is 295 g/mol. The highest BCUT2D eigenvalue weighted by molar-refractivity contribution is 5.77. The molecule has 21 heavy (non-hydrogen) atoms. The lowest BCUT2D eigenvalue weighted by atomic mass is 9.83. The van der Waals surface area contributed by atoms with Gasteiger partial charge in [-0.25, -0.2) is 0 Å². The molecule has 0 spiro atoms. The van der Waals surface area contributed by atoms with Gasteiger partial charge in [0.05, 0.1) is 6.54 Å². The lowest BCUT2D eigenvalue weighted by molar-refractivity contribution is -0.130. The lowest BCUT2D eigenvalue weighted by Crippen LogP contribution is -2.47. The first-order valence-electron chi connectivity index (χ1n) is 8.70. The van der Waals surface area contributed by atoms with Crippen LogP contribution in [0, 0.1) is 5.41 Å². The molecule has 0 radical (unpaired) electrons. The van der Waals surface area contributed by atoms with E-state index in [0.717, 1.165) is 13.1 Å². The monoisotopic (exact) mass is 295 g/mol. The van der Waals surface area contributed by atoms with E-state index in [-0.39, 0.29) is 5.91 Å². The molecular weight excluding hydrogens is 262 g/mol. The fraction of sp³-hybridized carbons (Fsp3) is 0.941. The van der Waals surface area contributed by atoms with Gasteiger partial charge in [0.2, 0.25) is 5.91 Å². The molecule has 1 aliphatic carbocycles. The van der Waals surface area contributed by atoms with Gasteiger partial charge in [0.15, 0.2) is 0 Å². The molecule has 0 atom stereocenters. The molecule has 0 unspecified atom stereocenters. The Labute approximate surface area is 130 Å². The minimum absolute atomic E-state index is 0.220. The standard InChI is InChI=1S/C17H33N3O/c1-4-17(9-5-6-10-17)14-18-15-7-11-20(12-8-15)13-16(21)19(2)3/h15,18H,4-14H2,1-3H3. The van der Waals surface area contributed by atoms with Gasteiger partial charge in [0, 0.05) is 39.8 Å². The zero-order chi connectivity index (χ0) is 15.3. The van der Waals surface area contributed by atoms with Crippen LogP contribution < -0.4 is 5.32 Å². The molecule has 122 valence electrons. The van der Waals surface area contributed by atoms with E-state index >= 15 is 0 Å². The summed E-state index contributed by atoms with van der Waals surface area (Å²) < 4.78 is 0. The molecule has 0 aromatic heterocycles. The van der Waals surface area contributed by atoms with Crippen molar-refractivity contribution in [3.8, 4) is 0 Å². The summed E-state index contributed by atoms with van der Waals surface area (Å²) in [5.41, 5.74) is 0.581. The predicted octanol–water partition coefficient (Wildman–Crippen LogP) is 2.10. The number of nitrogens with zero attached hydrogens (tertiary/aromatic N) is 2. The summed E-state index contributed by atoms with van der Waals surface area (Å²) in [6.45, 7) is 6.23. The number of nitrogens with one attached hydrogen (secondary N) is 1. The van der Waals surface area contributed by atoms with Gasteiger partial charge in [-0.05, 0) is 37.5 Å². The maximum Gasteiger partial charge on any atom is 0.236 e. The number of hydrogen-bond donors (Lipinski definition) is 1. The maximum atomic E-state index is 11.7. The van der Waals surface area contributed by atoms with E-state index in [4.69, 9.17) is 0 Å². The molecule has 2 rings (SSSR count). The Kier molecular flexibility index (Phi) is 6.06. The average Bonchev–Trinajstić information content (AvgIpc) is 2.96. The van der Waals surface area contributed by atoms with Crippen LogP contribution in [0.3, 0.4) is 0 Å². The van der Waals surface area contributed by atoms with Gasteiger partial charge in [-0.2, -0.15) is 0 Å². The molecule has 1 heterocycles. The van der Waals surface area contributed by atoms with Crippen molar-refractivity contribution < 1.29 is 4.79 Å². The fourth-order valence-electron chi connectivity index (χ4n) is 3.77. The molecular formula is C17H33N3O. The Morgan fingerprint density at radius 3 is 2.38 bits per heavy atom. The van der Waals surface area contributed by atoms with Gasteiger partial charge < -0.3 is 10.2 Å². The molecule has 4 nitrogen and oxygen atoms in total. The topological polar surface area (TPSA) is 35.6 Å². The lowest BCUT2D eigenvalue weighted by Gasteiger charge is -2.35. The Hall–Kier alpha value is -0.610. The van der Waals surface area contributed by atoms with Crippen LogP contribution in [0.25, 0.3) is 0 Å². The van der Waals surface area contributed by atoms with Gasteiger partial charge in [-0.1, -0.05) is 19.8 Å². The van der Waals surface area contributed by atoms with Crippen LogP contribution in [0.5, 0.6) is 0 Å². The SMILES string of the molecule is CCC1(CNC2CCN(CC(=O)N(C)C)CC2)CCCC1. The number of carbonyl (C=O) groups excluding carboxylic acids is 1. The van der Waals surface area contributed by atoms with Crippen molar-refractivity contribution in [2.24, 2.45) is 5.41 Å². The van der Waals surface area contributed by atoms with Crippen molar-refractivity contribution in [2.75, 3.05) is 40.3 Å². The number of carbonyl (C=O) groups is 1. The van der Waals surface area contributed by atoms with Crippen LogP contribution in [-0.2, 0) is 4.79 Å². The summed E-state index contributed by atoms with van der Waals surface area (Å²) in [6, 6.07) is 0.653. The zero-order valence-corrected chi connectivity index (χ0v) is 14.2. The number of piperidine rings is 1. The fourth-order valence-corrected chi connectivity index (χ4v) is 3.77. The quantitative estimate of drug-likeness (QED) is 0.815. The number of rotatable bonds is 6. The van der Waals surface area contributed by atoms with Crippen LogP contribution in [0.4, 0.5) is 0 Å². The van der Waals surface area contributed by atoms with Gasteiger partial charge in [0.1, 0.15) is 0 Å². The molecule has 1 aliphatic heterocycles. The minimum Gasteiger partial charge on any atom is -0.348 e. The third-order valence-corrected chi connectivity index (χ3v) is 5.63. The molecule has 0 aromatic carbocycles. The first kappa shape index (κ1) is 16.8. The van der Waals surface area contributed by atoms with Crippen LogP contribution in [0.1, 0.15) is 51.9 Å². The van der Waals surface area contributed by atoms with E-state index in [2.05, 4.69) is 17.1 Å². The van der Waals surface area contributed by atoms with Crippen LogP contribution in [-0.4, -0.2) is 62.0 Å². The highest BCUT2D eigenvalue weighted by atomic mass is 16.2.